The van der Waals surface area contributed by atoms with Crippen LogP contribution in [0.25, 0.3) is 0 Å². The van der Waals surface area contributed by atoms with Crippen molar-refractivity contribution in [3.63, 3.8) is 0 Å². The van der Waals surface area contributed by atoms with Crippen LogP contribution in [0.5, 0.6) is 11.5 Å². The number of halogens is 2. The largest absolute Gasteiger partial charge is 0.504 e. The maximum absolute atomic E-state index is 13.7. The van der Waals surface area contributed by atoms with Gasteiger partial charge in [-0.05, 0) is 57.2 Å². The summed E-state index contributed by atoms with van der Waals surface area (Å²) in [5.74, 6) is -4.58. The summed E-state index contributed by atoms with van der Waals surface area (Å²) in [7, 11) is 2.76. The molecular weight excluding hydrogens is 507 g/mol. The highest BCUT2D eigenvalue weighted by atomic mass is 35.5. The zero-order chi connectivity index (χ0) is 26.5. The first kappa shape index (κ1) is 25.1. The molecule has 0 bridgehead atoms. The topological polar surface area (TPSA) is 104 Å². The number of methoxy groups -OCH3 is 1. The van der Waals surface area contributed by atoms with Gasteiger partial charge in [-0.25, -0.2) is 0 Å². The smallest absolute Gasteiger partial charge is 0.253 e. The average Bonchev–Trinajstić information content (AvgIpc) is 3.14. The number of ether oxygens (including phenoxy) is 1. The summed E-state index contributed by atoms with van der Waals surface area (Å²) < 4.78 is 5.17. The second-order valence-corrected chi connectivity index (χ2v) is 12.4. The minimum atomic E-state index is -1.88. The summed E-state index contributed by atoms with van der Waals surface area (Å²) in [6.07, 6.45) is 2.11. The summed E-state index contributed by atoms with van der Waals surface area (Å²) in [5, 5.41) is 10.5. The molecule has 0 spiro atoms. The van der Waals surface area contributed by atoms with Gasteiger partial charge in [0.25, 0.3) is 11.8 Å². The van der Waals surface area contributed by atoms with E-state index in [1.807, 2.05) is 6.08 Å². The van der Waals surface area contributed by atoms with Gasteiger partial charge in [0.05, 0.1) is 18.9 Å². The van der Waals surface area contributed by atoms with Crippen molar-refractivity contribution in [1.29, 1.82) is 0 Å². The molecule has 5 rings (SSSR count). The van der Waals surface area contributed by atoms with Crippen molar-refractivity contribution in [3.8, 4) is 11.5 Å². The summed E-state index contributed by atoms with van der Waals surface area (Å²) in [6.45, 7) is 5.41. The predicted octanol–water partition coefficient (Wildman–Crippen LogP) is 3.19. The van der Waals surface area contributed by atoms with Crippen molar-refractivity contribution in [1.82, 2.24) is 9.80 Å². The van der Waals surface area contributed by atoms with Gasteiger partial charge in [-0.3, -0.25) is 29.0 Å². The molecule has 3 fully saturated rings. The lowest BCUT2D eigenvalue weighted by atomic mass is 9.56. The van der Waals surface area contributed by atoms with Crippen molar-refractivity contribution in [3.05, 3.63) is 35.4 Å². The van der Waals surface area contributed by atoms with Crippen LogP contribution in [0.1, 0.15) is 45.1 Å². The van der Waals surface area contributed by atoms with Crippen molar-refractivity contribution in [2.24, 2.45) is 17.8 Å². The number of alkyl halides is 2. The Labute approximate surface area is 219 Å². The Morgan fingerprint density at radius 3 is 2.31 bits per heavy atom. The molecule has 2 saturated heterocycles. The Morgan fingerprint density at radius 2 is 1.72 bits per heavy atom. The zero-order valence-corrected chi connectivity index (χ0v) is 22.2. The molecule has 2 aliphatic heterocycles. The van der Waals surface area contributed by atoms with Gasteiger partial charge >= 0.3 is 0 Å². The number of fused-ring (bicyclic) bond motifs is 4. The molecule has 8 nitrogen and oxygen atoms in total. The van der Waals surface area contributed by atoms with Gasteiger partial charge < -0.3 is 9.84 Å². The molecule has 0 radical (unpaired) electrons. The van der Waals surface area contributed by atoms with Crippen molar-refractivity contribution in [2.45, 2.75) is 54.8 Å². The maximum atomic E-state index is 13.7. The van der Waals surface area contributed by atoms with Gasteiger partial charge in [0, 0.05) is 18.5 Å². The average molecular weight is 535 g/mol. The predicted molar refractivity (Wildman–Crippen MR) is 132 cm³/mol. The van der Waals surface area contributed by atoms with Crippen LogP contribution in [0.15, 0.2) is 29.8 Å². The van der Waals surface area contributed by atoms with Crippen molar-refractivity contribution < 1.29 is 29.0 Å². The van der Waals surface area contributed by atoms with E-state index in [-0.39, 0.29) is 29.7 Å². The molecule has 2 aliphatic carbocycles. The molecule has 6 unspecified atom stereocenters. The summed E-state index contributed by atoms with van der Waals surface area (Å²) in [6, 6.07) is 4.66. The number of likely N-dealkylation sites (tertiary alicyclic amines) is 2. The van der Waals surface area contributed by atoms with E-state index in [0.717, 1.165) is 4.90 Å². The Balaban J connectivity index is 1.72. The minimum Gasteiger partial charge on any atom is -0.504 e. The van der Waals surface area contributed by atoms with Gasteiger partial charge in [0.1, 0.15) is 0 Å². The van der Waals surface area contributed by atoms with Crippen LogP contribution in [0.3, 0.4) is 0 Å². The fourth-order valence-electron chi connectivity index (χ4n) is 6.67. The molecule has 1 aromatic carbocycles. The summed E-state index contributed by atoms with van der Waals surface area (Å²) in [4.78, 5) is 52.5. The van der Waals surface area contributed by atoms with Gasteiger partial charge in [0.2, 0.25) is 11.8 Å². The third kappa shape index (κ3) is 2.94. The number of carbonyl (C=O) groups is 4. The fraction of sp³-hybridized carbons (Fsp3) is 0.538. The Morgan fingerprint density at radius 1 is 1.06 bits per heavy atom. The maximum Gasteiger partial charge on any atom is 0.253 e. The van der Waals surface area contributed by atoms with E-state index in [2.05, 4.69) is 0 Å². The van der Waals surface area contributed by atoms with Crippen molar-refractivity contribution >= 4 is 46.8 Å². The van der Waals surface area contributed by atoms with E-state index in [9.17, 15) is 24.3 Å². The van der Waals surface area contributed by atoms with Gasteiger partial charge in [-0.2, -0.15) is 0 Å². The Hall–Kier alpha value is -2.58. The highest BCUT2D eigenvalue weighted by Crippen LogP contribution is 2.65. The van der Waals surface area contributed by atoms with Crippen LogP contribution < -0.4 is 4.74 Å². The van der Waals surface area contributed by atoms with Gasteiger partial charge in [0.15, 0.2) is 21.2 Å². The third-order valence-electron chi connectivity index (χ3n) is 8.22. The van der Waals surface area contributed by atoms with Gasteiger partial charge in [-0.15, -0.1) is 23.2 Å². The molecule has 6 atom stereocenters. The molecule has 10 heteroatoms. The van der Waals surface area contributed by atoms with E-state index in [1.165, 1.54) is 25.1 Å². The number of rotatable bonds is 2. The molecule has 2 heterocycles. The van der Waals surface area contributed by atoms with E-state index in [1.54, 1.807) is 32.9 Å². The number of nitrogens with zero attached hydrogens (tertiary/aromatic N) is 2. The number of aromatic hydroxyl groups is 1. The Bertz CT molecular complexity index is 1260. The lowest BCUT2D eigenvalue weighted by molar-refractivity contribution is -0.146. The lowest BCUT2D eigenvalue weighted by Crippen LogP contribution is -2.60. The molecule has 1 aromatic rings. The molecule has 1 saturated carbocycles. The van der Waals surface area contributed by atoms with E-state index in [4.69, 9.17) is 27.9 Å². The van der Waals surface area contributed by atoms with E-state index >= 15 is 0 Å². The normalized spacial score (nSPS) is 36.0. The standard InChI is InChI=1S/C26H28Cl2N2O6/c1-24(2,3)30-20(32)14-8-7-13-15(18(14)21(30)33)11-25(27)22(34)29(4)23(35)26(25,28)19(13)12-6-9-17(36-5)16(31)10-12/h6-7,9-10,14-15,18-19,31H,8,11H2,1-5H3. The fourth-order valence-corrected chi connectivity index (χ4v) is 7.69. The van der Waals surface area contributed by atoms with Crippen LogP contribution in [0.4, 0.5) is 0 Å². The second-order valence-electron chi connectivity index (χ2n) is 11.1. The number of carbonyl (C=O) groups excluding carboxylic acids is 4. The minimum absolute atomic E-state index is 0.0599. The number of phenols is 1. The van der Waals surface area contributed by atoms with Crippen molar-refractivity contribution in [2.75, 3.05) is 14.2 Å². The first-order valence-corrected chi connectivity index (χ1v) is 12.6. The lowest BCUT2D eigenvalue weighted by Gasteiger charge is -2.50. The van der Waals surface area contributed by atoms with Gasteiger partial charge in [-0.1, -0.05) is 17.7 Å². The number of hydrogen-bond donors (Lipinski definition) is 1. The van der Waals surface area contributed by atoms with Crippen LogP contribution in [0.2, 0.25) is 0 Å². The molecule has 0 aromatic heterocycles. The monoisotopic (exact) mass is 534 g/mol. The van der Waals surface area contributed by atoms with Crippen LogP contribution in [-0.2, 0) is 19.2 Å². The van der Waals surface area contributed by atoms with E-state index < -0.39 is 50.8 Å². The molecule has 4 amide bonds. The second kappa shape index (κ2) is 7.71. The summed E-state index contributed by atoms with van der Waals surface area (Å²) >= 11 is 14.2. The number of hydrogen-bond acceptors (Lipinski definition) is 6. The van der Waals surface area contributed by atoms with Crippen LogP contribution in [0, 0.1) is 17.8 Å². The molecule has 192 valence electrons. The molecule has 36 heavy (non-hydrogen) atoms. The molecule has 4 aliphatic rings. The summed E-state index contributed by atoms with van der Waals surface area (Å²) in [5.41, 5.74) is 0.430. The number of phenolic OH excluding ortho intramolecular Hbond substituents is 1. The van der Waals surface area contributed by atoms with Crippen LogP contribution in [-0.4, -0.2) is 68.0 Å². The number of benzene rings is 1. The zero-order valence-electron chi connectivity index (χ0n) is 20.7. The highest BCUT2D eigenvalue weighted by Gasteiger charge is 2.76. The highest BCUT2D eigenvalue weighted by molar-refractivity contribution is 6.53. The molecular formula is C26H28Cl2N2O6. The van der Waals surface area contributed by atoms with Crippen LogP contribution >= 0.6 is 23.2 Å². The first-order chi connectivity index (χ1) is 16.7. The number of amides is 4. The number of imide groups is 2. The molecule has 1 N–H and O–H groups in total. The quantitative estimate of drug-likeness (QED) is 0.355. The Kier molecular flexibility index (Phi) is 5.37. The van der Waals surface area contributed by atoms with E-state index in [0.29, 0.717) is 17.6 Å². The first-order valence-electron chi connectivity index (χ1n) is 11.8. The SMILES string of the molecule is COc1ccc(C2C3=CCC4C(=O)N(C(C)(C)C)C(=O)C4C3CC3(Cl)C(=O)N(C)C(=O)C23Cl)cc1O. The number of allylic oxidation sites excluding steroid dienone is 2. The third-order valence-corrected chi connectivity index (χ3v) is 9.63.